The van der Waals surface area contributed by atoms with Crippen LogP contribution in [0.15, 0.2) is 0 Å². The molecule has 1 aliphatic heterocycles. The summed E-state index contributed by atoms with van der Waals surface area (Å²) < 4.78 is 0. The fraction of sp³-hybridized carbons (Fsp3) is 0.462. The minimum atomic E-state index is -0.868. The Morgan fingerprint density at radius 3 is 2.52 bits per heavy atom. The van der Waals surface area contributed by atoms with Crippen molar-refractivity contribution in [3.8, 4) is 0 Å². The molecular weight excluding hydrogens is 352 g/mol. The summed E-state index contributed by atoms with van der Waals surface area (Å²) in [4.78, 5) is 32.1. The zero-order valence-corrected chi connectivity index (χ0v) is 14.0. The normalized spacial score (nSPS) is 15.6. The lowest BCUT2D eigenvalue weighted by atomic mass is 10.1. The minimum absolute atomic E-state index is 0.00323. The van der Waals surface area contributed by atoms with E-state index in [1.165, 1.54) is 0 Å². The Balaban J connectivity index is 1.86. The van der Waals surface area contributed by atoms with Gasteiger partial charge in [0.1, 0.15) is 0 Å². The van der Waals surface area contributed by atoms with Crippen molar-refractivity contribution in [3.05, 3.63) is 10.8 Å². The van der Waals surface area contributed by atoms with E-state index in [2.05, 4.69) is 20.6 Å². The molecule has 136 valence electrons. The van der Waals surface area contributed by atoms with Crippen molar-refractivity contribution in [3.63, 3.8) is 0 Å². The molecule has 11 nitrogen and oxygen atoms in total. The summed E-state index contributed by atoms with van der Waals surface area (Å²) in [5.74, 6) is -2.08. The smallest absolute Gasteiger partial charge is 0.317 e. The Morgan fingerprint density at radius 2 is 1.92 bits per heavy atom. The summed E-state index contributed by atoms with van der Waals surface area (Å²) in [6, 6.07) is -0.0451. The van der Waals surface area contributed by atoms with Crippen LogP contribution in [0.25, 0.3) is 0 Å². The van der Waals surface area contributed by atoms with E-state index >= 15 is 0 Å². The third-order valence-electron chi connectivity index (χ3n) is 3.65. The van der Waals surface area contributed by atoms with Gasteiger partial charge in [-0.1, -0.05) is 11.6 Å². The number of hydrogen-bond donors (Lipinski definition) is 6. The molecule has 8 N–H and O–H groups in total. The van der Waals surface area contributed by atoms with Crippen LogP contribution in [0.2, 0.25) is 5.15 Å². The molecule has 1 aromatic rings. The fourth-order valence-electron chi connectivity index (χ4n) is 2.45. The summed E-state index contributed by atoms with van der Waals surface area (Å²) in [5.41, 5.74) is 10.8. The molecule has 2 heterocycles. The predicted molar refractivity (Wildman–Crippen MR) is 91.3 cm³/mol. The van der Waals surface area contributed by atoms with Crippen molar-refractivity contribution < 1.29 is 14.7 Å². The second-order valence-electron chi connectivity index (χ2n) is 5.55. The van der Waals surface area contributed by atoms with Gasteiger partial charge in [-0.25, -0.2) is 9.97 Å². The van der Waals surface area contributed by atoms with Gasteiger partial charge in [0, 0.05) is 19.1 Å². The van der Waals surface area contributed by atoms with Crippen molar-refractivity contribution >= 4 is 41.1 Å². The number of likely N-dealkylation sites (tertiary alicyclic amines) is 1. The molecule has 0 radical (unpaired) electrons. The van der Waals surface area contributed by atoms with Crippen LogP contribution in [0, 0.1) is 5.41 Å². The number of carbonyl (C=O) groups is 2. The van der Waals surface area contributed by atoms with Crippen LogP contribution in [0.1, 0.15) is 23.3 Å². The number of aliphatic carboxylic acids is 1. The van der Waals surface area contributed by atoms with Crippen LogP contribution in [0.5, 0.6) is 0 Å². The number of halogens is 1. The molecule has 0 atom stereocenters. The number of piperidine rings is 1. The molecule has 0 bridgehead atoms. The van der Waals surface area contributed by atoms with Crippen molar-refractivity contribution in [1.29, 1.82) is 5.41 Å². The molecule has 1 fully saturated rings. The van der Waals surface area contributed by atoms with Crippen LogP contribution in [-0.4, -0.2) is 63.5 Å². The number of aromatic nitrogens is 2. The maximum Gasteiger partial charge on any atom is 0.317 e. The predicted octanol–water partition coefficient (Wildman–Crippen LogP) is -0.902. The summed E-state index contributed by atoms with van der Waals surface area (Å²) >= 11 is 5.72. The number of guanidine groups is 1. The summed E-state index contributed by atoms with van der Waals surface area (Å²) in [6.07, 6.45) is 1.31. The summed E-state index contributed by atoms with van der Waals surface area (Å²) in [7, 11) is 0. The lowest BCUT2D eigenvalue weighted by molar-refractivity contribution is -0.138. The van der Waals surface area contributed by atoms with Crippen LogP contribution < -0.4 is 22.1 Å². The highest BCUT2D eigenvalue weighted by molar-refractivity contribution is 6.31. The highest BCUT2D eigenvalue weighted by atomic mass is 35.5. The molecule has 2 rings (SSSR count). The van der Waals surface area contributed by atoms with Crippen LogP contribution in [0.4, 0.5) is 11.6 Å². The number of hydrogen-bond acceptors (Lipinski definition) is 8. The third-order valence-corrected chi connectivity index (χ3v) is 3.93. The monoisotopic (exact) mass is 370 g/mol. The molecule has 0 saturated carbocycles. The number of rotatable bonds is 4. The van der Waals surface area contributed by atoms with Gasteiger partial charge < -0.3 is 21.9 Å². The number of nitrogens with zero attached hydrogens (tertiary/aromatic N) is 3. The molecular formula is C13H19ClN8O3. The minimum Gasteiger partial charge on any atom is -0.480 e. The van der Waals surface area contributed by atoms with Crippen LogP contribution >= 0.6 is 11.6 Å². The number of nitrogens with two attached hydrogens (primary N) is 2. The van der Waals surface area contributed by atoms with Crippen molar-refractivity contribution in [2.45, 2.75) is 18.9 Å². The lowest BCUT2D eigenvalue weighted by Gasteiger charge is -2.31. The maximum atomic E-state index is 12.1. The number of nitrogen functional groups attached to an aromatic ring is 2. The summed E-state index contributed by atoms with van der Waals surface area (Å²) in [6.45, 7) is 1.19. The molecule has 0 spiro atoms. The van der Waals surface area contributed by atoms with E-state index in [9.17, 15) is 9.59 Å². The first-order chi connectivity index (χ1) is 11.8. The number of amides is 1. The summed E-state index contributed by atoms with van der Waals surface area (Å²) in [5, 5.41) is 21.6. The Labute approximate surface area is 148 Å². The number of carboxylic acid groups (broad SMARTS) is 1. The molecule has 0 aromatic carbocycles. The van der Waals surface area contributed by atoms with Gasteiger partial charge in [-0.15, -0.1) is 0 Å². The van der Waals surface area contributed by atoms with E-state index in [0.29, 0.717) is 25.9 Å². The lowest BCUT2D eigenvalue weighted by Crippen LogP contribution is -2.50. The second kappa shape index (κ2) is 7.94. The highest BCUT2D eigenvalue weighted by Gasteiger charge is 2.22. The van der Waals surface area contributed by atoms with Gasteiger partial charge in [-0.05, 0) is 12.8 Å². The second-order valence-corrected chi connectivity index (χ2v) is 5.91. The Bertz CT molecular complexity index is 690. The number of anilines is 2. The van der Waals surface area contributed by atoms with Gasteiger partial charge in [0.2, 0.25) is 0 Å². The number of nitrogens with one attached hydrogen (secondary N) is 3. The van der Waals surface area contributed by atoms with Crippen LogP contribution in [-0.2, 0) is 4.79 Å². The van der Waals surface area contributed by atoms with Crippen molar-refractivity contribution in [1.82, 2.24) is 25.5 Å². The molecule has 12 heteroatoms. The van der Waals surface area contributed by atoms with E-state index in [1.54, 1.807) is 0 Å². The number of carbonyl (C=O) groups excluding carboxylic acids is 1. The zero-order chi connectivity index (χ0) is 18.6. The number of carboxylic acids is 1. The van der Waals surface area contributed by atoms with E-state index in [0.717, 1.165) is 0 Å². The average molecular weight is 371 g/mol. The van der Waals surface area contributed by atoms with Gasteiger partial charge in [-0.2, -0.15) is 0 Å². The molecule has 1 aromatic heterocycles. The van der Waals surface area contributed by atoms with Gasteiger partial charge in [0.15, 0.2) is 28.4 Å². The Kier molecular flexibility index (Phi) is 5.93. The maximum absolute atomic E-state index is 12.1. The van der Waals surface area contributed by atoms with E-state index in [4.69, 9.17) is 33.6 Å². The standard InChI is InChI=1S/C13H19ClN8O3/c14-9-11(16)20-10(15)8(19-9)12(25)21-13(17)18-6-1-3-22(4-2-6)5-7(23)24/h6H,1-5H2,(H,23,24)(H4,15,16,20)(H3,17,18,21,25). The quantitative estimate of drug-likeness (QED) is 0.288. The van der Waals surface area contributed by atoms with Crippen molar-refractivity contribution in [2.75, 3.05) is 31.1 Å². The third kappa shape index (κ3) is 5.16. The first-order valence-corrected chi connectivity index (χ1v) is 7.83. The van der Waals surface area contributed by atoms with E-state index in [1.807, 2.05) is 4.90 Å². The van der Waals surface area contributed by atoms with Gasteiger partial charge in [0.25, 0.3) is 5.91 Å². The molecule has 1 aliphatic rings. The van der Waals surface area contributed by atoms with Crippen molar-refractivity contribution in [2.24, 2.45) is 0 Å². The Hall–Kier alpha value is -2.66. The topological polar surface area (TPSA) is 183 Å². The Morgan fingerprint density at radius 1 is 1.28 bits per heavy atom. The van der Waals surface area contributed by atoms with Gasteiger partial charge in [-0.3, -0.25) is 25.2 Å². The molecule has 1 amide bonds. The molecule has 0 unspecified atom stereocenters. The molecule has 0 aliphatic carbocycles. The van der Waals surface area contributed by atoms with E-state index < -0.39 is 11.9 Å². The van der Waals surface area contributed by atoms with Gasteiger partial charge >= 0.3 is 5.97 Å². The highest BCUT2D eigenvalue weighted by Crippen LogP contribution is 2.17. The largest absolute Gasteiger partial charge is 0.480 e. The van der Waals surface area contributed by atoms with Gasteiger partial charge in [0.05, 0.1) is 6.54 Å². The first kappa shape index (κ1) is 18.7. The average Bonchev–Trinajstić information content (AvgIpc) is 2.52. The fourth-order valence-corrected chi connectivity index (χ4v) is 2.58. The van der Waals surface area contributed by atoms with E-state index in [-0.39, 0.29) is 41.0 Å². The zero-order valence-electron chi connectivity index (χ0n) is 13.3. The molecule has 1 saturated heterocycles. The SMILES string of the molecule is N=C(NC(=O)c1nc(Cl)c(N)nc1N)NC1CCN(CC(=O)O)CC1. The first-order valence-electron chi connectivity index (χ1n) is 7.45. The molecule has 25 heavy (non-hydrogen) atoms. The van der Waals surface area contributed by atoms with Crippen LogP contribution in [0.3, 0.4) is 0 Å².